The van der Waals surface area contributed by atoms with Gasteiger partial charge in [-0.15, -0.1) is 0 Å². The Balaban J connectivity index is 1.98. The predicted octanol–water partition coefficient (Wildman–Crippen LogP) is 5.57. The summed E-state index contributed by atoms with van der Waals surface area (Å²) in [5.41, 5.74) is 7.96. The largest absolute Gasteiger partial charge is 0.324 e. The second-order valence-corrected chi connectivity index (χ2v) is 6.81. The van der Waals surface area contributed by atoms with Crippen molar-refractivity contribution in [2.24, 2.45) is 11.7 Å². The van der Waals surface area contributed by atoms with Crippen LogP contribution in [0.5, 0.6) is 0 Å². The fourth-order valence-corrected chi connectivity index (χ4v) is 3.98. The van der Waals surface area contributed by atoms with Crippen LogP contribution in [0.25, 0.3) is 10.8 Å². The van der Waals surface area contributed by atoms with Crippen LogP contribution in [0.4, 0.5) is 0 Å². The highest BCUT2D eigenvalue weighted by molar-refractivity contribution is 9.10. The molecule has 3 rings (SSSR count). The zero-order valence-corrected chi connectivity index (χ0v) is 13.4. The summed E-state index contributed by atoms with van der Waals surface area (Å²) in [4.78, 5) is 0. The van der Waals surface area contributed by atoms with Gasteiger partial charge in [0.2, 0.25) is 0 Å². The second-order valence-electron chi connectivity index (χ2n) is 5.96. The molecule has 0 radical (unpaired) electrons. The first-order valence-electron chi connectivity index (χ1n) is 7.70. The summed E-state index contributed by atoms with van der Waals surface area (Å²) in [6.45, 7) is 0. The molecule has 2 aromatic carbocycles. The van der Waals surface area contributed by atoms with Crippen LogP contribution in [-0.4, -0.2) is 0 Å². The highest BCUT2D eigenvalue weighted by atomic mass is 79.9. The van der Waals surface area contributed by atoms with Crippen molar-refractivity contribution in [3.63, 3.8) is 0 Å². The number of fused-ring (bicyclic) bond motifs is 1. The van der Waals surface area contributed by atoms with E-state index in [1.165, 1.54) is 54.9 Å². The maximum atomic E-state index is 6.64. The molecule has 0 bridgehead atoms. The molecule has 106 valence electrons. The number of nitrogens with two attached hydrogens (primary N) is 1. The lowest BCUT2D eigenvalue weighted by molar-refractivity contribution is 0.384. The molecule has 0 spiro atoms. The van der Waals surface area contributed by atoms with Gasteiger partial charge in [-0.2, -0.15) is 0 Å². The van der Waals surface area contributed by atoms with E-state index in [0.717, 1.165) is 4.47 Å². The molecule has 0 amide bonds. The molecule has 1 aliphatic carbocycles. The van der Waals surface area contributed by atoms with Crippen LogP contribution in [0.1, 0.15) is 50.1 Å². The van der Waals surface area contributed by atoms with Crippen LogP contribution in [0.3, 0.4) is 0 Å². The Morgan fingerprint density at radius 1 is 0.900 bits per heavy atom. The molecule has 2 N–H and O–H groups in total. The lowest BCUT2D eigenvalue weighted by Crippen LogP contribution is -2.21. The molecule has 2 aromatic rings. The molecule has 2 heteroatoms. The molecule has 0 saturated heterocycles. The molecule has 1 saturated carbocycles. The Labute approximate surface area is 129 Å². The number of hydrogen-bond donors (Lipinski definition) is 1. The van der Waals surface area contributed by atoms with E-state index in [4.69, 9.17) is 5.73 Å². The van der Waals surface area contributed by atoms with Gasteiger partial charge in [-0.05, 0) is 41.2 Å². The lowest BCUT2D eigenvalue weighted by Gasteiger charge is -2.24. The van der Waals surface area contributed by atoms with Crippen LogP contribution in [0, 0.1) is 5.92 Å². The summed E-state index contributed by atoms with van der Waals surface area (Å²) in [5.74, 6) is 0.641. The van der Waals surface area contributed by atoms with E-state index in [1.807, 2.05) is 0 Å². The molecule has 1 nitrogen and oxygen atoms in total. The summed E-state index contributed by atoms with van der Waals surface area (Å²) in [5, 5.41) is 2.58. The van der Waals surface area contributed by atoms with Gasteiger partial charge >= 0.3 is 0 Å². The Hall–Kier alpha value is -0.860. The van der Waals surface area contributed by atoms with Crippen molar-refractivity contribution < 1.29 is 0 Å². The molecule has 0 heterocycles. The minimum absolute atomic E-state index is 0.172. The predicted molar refractivity (Wildman–Crippen MR) is 89.8 cm³/mol. The normalized spacial score (nSPS) is 18.9. The van der Waals surface area contributed by atoms with Gasteiger partial charge in [0.25, 0.3) is 0 Å². The van der Waals surface area contributed by atoms with E-state index in [2.05, 4.69) is 52.3 Å². The minimum Gasteiger partial charge on any atom is -0.324 e. The molecule has 1 unspecified atom stereocenters. The minimum atomic E-state index is 0.172. The van der Waals surface area contributed by atoms with Crippen LogP contribution in [0.15, 0.2) is 40.9 Å². The second kappa shape index (κ2) is 6.28. The molecule has 0 aliphatic heterocycles. The zero-order valence-electron chi connectivity index (χ0n) is 11.8. The maximum absolute atomic E-state index is 6.64. The number of rotatable bonds is 2. The quantitative estimate of drug-likeness (QED) is 0.715. The van der Waals surface area contributed by atoms with Gasteiger partial charge in [0.1, 0.15) is 0 Å². The van der Waals surface area contributed by atoms with Crippen LogP contribution < -0.4 is 5.73 Å². The lowest BCUT2D eigenvalue weighted by atomic mass is 9.86. The van der Waals surface area contributed by atoms with Crippen LogP contribution >= 0.6 is 15.9 Å². The van der Waals surface area contributed by atoms with E-state index < -0.39 is 0 Å². The van der Waals surface area contributed by atoms with E-state index in [1.54, 1.807) is 0 Å². The van der Waals surface area contributed by atoms with E-state index in [9.17, 15) is 0 Å². The van der Waals surface area contributed by atoms with Crippen molar-refractivity contribution in [2.75, 3.05) is 0 Å². The molecule has 20 heavy (non-hydrogen) atoms. The number of hydrogen-bond acceptors (Lipinski definition) is 1. The third kappa shape index (κ3) is 2.77. The van der Waals surface area contributed by atoms with Gasteiger partial charge in [0, 0.05) is 10.5 Å². The molecule has 0 aromatic heterocycles. The topological polar surface area (TPSA) is 26.0 Å². The first-order chi connectivity index (χ1) is 9.77. The smallest absolute Gasteiger partial charge is 0.0329 e. The summed E-state index contributed by atoms with van der Waals surface area (Å²) in [7, 11) is 0. The number of benzene rings is 2. The van der Waals surface area contributed by atoms with Gasteiger partial charge in [-0.1, -0.05) is 71.9 Å². The highest BCUT2D eigenvalue weighted by Crippen LogP contribution is 2.36. The highest BCUT2D eigenvalue weighted by Gasteiger charge is 2.22. The Bertz CT molecular complexity index is 585. The van der Waals surface area contributed by atoms with Crippen molar-refractivity contribution in [3.8, 4) is 0 Å². The van der Waals surface area contributed by atoms with Crippen molar-refractivity contribution >= 4 is 26.7 Å². The van der Waals surface area contributed by atoms with Gasteiger partial charge < -0.3 is 5.73 Å². The third-order valence-electron chi connectivity index (χ3n) is 4.67. The van der Waals surface area contributed by atoms with E-state index >= 15 is 0 Å². The van der Waals surface area contributed by atoms with E-state index in [0.29, 0.717) is 5.92 Å². The molecular weight excluding hydrogens is 310 g/mol. The summed E-state index contributed by atoms with van der Waals surface area (Å²) in [6, 6.07) is 13.1. The fraction of sp³-hybridized carbons (Fsp3) is 0.444. The van der Waals surface area contributed by atoms with Gasteiger partial charge in [-0.25, -0.2) is 0 Å². The van der Waals surface area contributed by atoms with Crippen LogP contribution in [-0.2, 0) is 0 Å². The maximum Gasteiger partial charge on any atom is 0.0329 e. The molecule has 1 fully saturated rings. The van der Waals surface area contributed by atoms with Crippen molar-refractivity contribution in [1.29, 1.82) is 0 Å². The average molecular weight is 332 g/mol. The first-order valence-corrected chi connectivity index (χ1v) is 8.49. The Kier molecular flexibility index (Phi) is 4.42. The summed E-state index contributed by atoms with van der Waals surface area (Å²) < 4.78 is 1.16. The molecule has 1 atom stereocenters. The van der Waals surface area contributed by atoms with Crippen molar-refractivity contribution in [1.82, 2.24) is 0 Å². The zero-order chi connectivity index (χ0) is 13.9. The van der Waals surface area contributed by atoms with Gasteiger partial charge in [0.15, 0.2) is 0 Å². The van der Waals surface area contributed by atoms with Gasteiger partial charge in [0.05, 0.1) is 0 Å². The first kappa shape index (κ1) is 14.1. The molecular formula is C18H22BrN. The van der Waals surface area contributed by atoms with E-state index in [-0.39, 0.29) is 6.04 Å². The van der Waals surface area contributed by atoms with Gasteiger partial charge in [-0.3, -0.25) is 0 Å². The SMILES string of the molecule is NC(c1ccc(Br)c2ccccc12)C1CCCCCC1. The fourth-order valence-electron chi connectivity index (χ4n) is 3.50. The van der Waals surface area contributed by atoms with Crippen molar-refractivity contribution in [3.05, 3.63) is 46.4 Å². The summed E-state index contributed by atoms with van der Waals surface area (Å²) >= 11 is 3.65. The monoisotopic (exact) mass is 331 g/mol. The van der Waals surface area contributed by atoms with Crippen LogP contribution in [0.2, 0.25) is 0 Å². The Morgan fingerprint density at radius 2 is 1.55 bits per heavy atom. The standard InChI is InChI=1S/C18H22BrN/c19-17-12-11-16(14-9-5-6-10-15(14)17)18(20)13-7-3-1-2-4-8-13/h5-6,9-13,18H,1-4,7-8,20H2. The average Bonchev–Trinajstić information content (AvgIpc) is 2.76. The summed E-state index contributed by atoms with van der Waals surface area (Å²) in [6.07, 6.45) is 8.01. The molecule has 1 aliphatic rings. The number of halogens is 1. The Morgan fingerprint density at radius 3 is 2.25 bits per heavy atom. The van der Waals surface area contributed by atoms with Crippen molar-refractivity contribution in [2.45, 2.75) is 44.6 Å². The third-order valence-corrected chi connectivity index (χ3v) is 5.36.